The van der Waals surface area contributed by atoms with Crippen molar-refractivity contribution in [3.05, 3.63) is 47.9 Å². The number of hydrogen-bond acceptors (Lipinski definition) is 7. The fourth-order valence-electron chi connectivity index (χ4n) is 2.54. The molecule has 6 nitrogen and oxygen atoms in total. The predicted octanol–water partition coefficient (Wildman–Crippen LogP) is 5.47. The highest BCUT2D eigenvalue weighted by atomic mass is 32.2. The van der Waals surface area contributed by atoms with Crippen LogP contribution in [0.4, 0.5) is 30.8 Å². The Balaban J connectivity index is 2.06. The number of hydrogen-bond donors (Lipinski definition) is 2. The van der Waals surface area contributed by atoms with E-state index in [4.69, 9.17) is 0 Å². The van der Waals surface area contributed by atoms with Gasteiger partial charge in [-0.05, 0) is 38.3 Å². The van der Waals surface area contributed by atoms with Gasteiger partial charge in [-0.2, -0.15) is 23.7 Å². The second-order valence-electron chi connectivity index (χ2n) is 6.91. The van der Waals surface area contributed by atoms with Crippen LogP contribution in [0.25, 0.3) is 11.5 Å². The molecule has 3 aromatic rings. The summed E-state index contributed by atoms with van der Waals surface area (Å²) in [5.41, 5.74) is -0.0670. The molecule has 1 aromatic carbocycles. The van der Waals surface area contributed by atoms with Crippen molar-refractivity contribution in [1.29, 1.82) is 0 Å². The summed E-state index contributed by atoms with van der Waals surface area (Å²) in [6.07, 6.45) is 1.96. The Labute approximate surface area is 176 Å². The summed E-state index contributed by atoms with van der Waals surface area (Å²) >= 11 is 1.58. The van der Waals surface area contributed by atoms with E-state index in [0.717, 1.165) is 16.6 Å². The highest BCUT2D eigenvalue weighted by molar-refractivity contribution is 7.98. The zero-order valence-electron chi connectivity index (χ0n) is 16.9. The highest BCUT2D eigenvalue weighted by Gasteiger charge is 2.28. The zero-order valence-corrected chi connectivity index (χ0v) is 17.7. The van der Waals surface area contributed by atoms with Crippen LogP contribution in [0.1, 0.15) is 26.5 Å². The van der Waals surface area contributed by atoms with Gasteiger partial charge in [0.2, 0.25) is 11.9 Å². The standard InChI is InChI=1S/C20H21F3N6S/c1-11(2)24-18-27-17(15-8-12(21)9-16(26-15)20(3,22)23)28-19(29-18)25-13-6-5-7-14(10-13)30-4/h5-11H,1-4H3,(H2,24,25,27,28,29). The maximum absolute atomic E-state index is 14.0. The molecule has 2 heterocycles. The Morgan fingerprint density at radius 2 is 1.73 bits per heavy atom. The van der Waals surface area contributed by atoms with Gasteiger partial charge in [-0.25, -0.2) is 9.37 Å². The molecule has 158 valence electrons. The Morgan fingerprint density at radius 3 is 2.40 bits per heavy atom. The summed E-state index contributed by atoms with van der Waals surface area (Å²) in [4.78, 5) is 17.7. The molecule has 0 saturated heterocycles. The Hall–Kier alpha value is -2.88. The lowest BCUT2D eigenvalue weighted by molar-refractivity contribution is 0.0125. The third-order valence-corrected chi connectivity index (χ3v) is 4.57. The van der Waals surface area contributed by atoms with E-state index in [1.165, 1.54) is 0 Å². The van der Waals surface area contributed by atoms with E-state index in [2.05, 4.69) is 30.6 Å². The smallest absolute Gasteiger partial charge is 0.287 e. The lowest BCUT2D eigenvalue weighted by Crippen LogP contribution is -2.15. The van der Waals surface area contributed by atoms with Crippen LogP contribution in [0.15, 0.2) is 41.3 Å². The first-order valence-corrected chi connectivity index (χ1v) is 10.4. The summed E-state index contributed by atoms with van der Waals surface area (Å²) in [6.45, 7) is 4.45. The molecule has 0 bridgehead atoms. The number of nitrogens with one attached hydrogen (secondary N) is 2. The third-order valence-electron chi connectivity index (χ3n) is 3.85. The molecule has 0 aliphatic carbocycles. The zero-order chi connectivity index (χ0) is 21.9. The SMILES string of the molecule is CSc1cccc(Nc2nc(NC(C)C)nc(-c3cc(F)cc(C(C)(F)F)n3)n2)c1. The van der Waals surface area contributed by atoms with E-state index in [0.29, 0.717) is 13.0 Å². The van der Waals surface area contributed by atoms with Gasteiger partial charge in [0, 0.05) is 35.7 Å². The van der Waals surface area contributed by atoms with E-state index in [1.54, 1.807) is 11.8 Å². The fraction of sp³-hybridized carbons (Fsp3) is 0.300. The lowest BCUT2D eigenvalue weighted by atomic mass is 10.2. The van der Waals surface area contributed by atoms with Gasteiger partial charge in [0.15, 0.2) is 5.82 Å². The molecule has 10 heteroatoms. The number of anilines is 3. The summed E-state index contributed by atoms with van der Waals surface area (Å²) in [7, 11) is 0. The Kier molecular flexibility index (Phi) is 6.45. The number of rotatable bonds is 7. The second kappa shape index (κ2) is 8.86. The molecule has 2 N–H and O–H groups in total. The first-order valence-electron chi connectivity index (χ1n) is 9.14. The van der Waals surface area contributed by atoms with E-state index in [9.17, 15) is 13.2 Å². The summed E-state index contributed by atoms with van der Waals surface area (Å²) in [5.74, 6) is -3.78. The van der Waals surface area contributed by atoms with Gasteiger partial charge in [0.25, 0.3) is 5.92 Å². The molecule has 0 spiro atoms. The topological polar surface area (TPSA) is 75.6 Å². The molecule has 0 unspecified atom stereocenters. The highest BCUT2D eigenvalue weighted by Crippen LogP contribution is 2.29. The van der Waals surface area contributed by atoms with E-state index < -0.39 is 17.4 Å². The van der Waals surface area contributed by atoms with Crippen LogP contribution in [0, 0.1) is 5.82 Å². The van der Waals surface area contributed by atoms with E-state index in [1.807, 2.05) is 44.4 Å². The maximum Gasteiger partial charge on any atom is 0.287 e. The molecule has 0 fully saturated rings. The first kappa shape index (κ1) is 21.8. The van der Waals surface area contributed by atoms with Crippen molar-refractivity contribution >= 4 is 29.3 Å². The quantitative estimate of drug-likeness (QED) is 0.478. The Morgan fingerprint density at radius 1 is 1.00 bits per heavy atom. The molecule has 0 saturated carbocycles. The molecule has 0 amide bonds. The molecule has 0 atom stereocenters. The van der Waals surface area contributed by atoms with Gasteiger partial charge in [0.05, 0.1) is 0 Å². The van der Waals surface area contributed by atoms with Crippen LogP contribution in [0.2, 0.25) is 0 Å². The summed E-state index contributed by atoms with van der Waals surface area (Å²) < 4.78 is 41.4. The van der Waals surface area contributed by atoms with Crippen LogP contribution >= 0.6 is 11.8 Å². The molecule has 30 heavy (non-hydrogen) atoms. The van der Waals surface area contributed by atoms with Crippen molar-refractivity contribution in [2.75, 3.05) is 16.9 Å². The van der Waals surface area contributed by atoms with Crippen molar-refractivity contribution in [3.8, 4) is 11.5 Å². The number of aromatic nitrogens is 4. The van der Waals surface area contributed by atoms with Crippen LogP contribution in [-0.4, -0.2) is 32.2 Å². The molecule has 3 rings (SSSR count). The minimum absolute atomic E-state index is 0.00363. The van der Waals surface area contributed by atoms with Gasteiger partial charge in [-0.15, -0.1) is 11.8 Å². The van der Waals surface area contributed by atoms with Gasteiger partial charge in [-0.3, -0.25) is 0 Å². The normalized spacial score (nSPS) is 11.6. The average molecular weight is 434 g/mol. The van der Waals surface area contributed by atoms with E-state index in [-0.39, 0.29) is 29.5 Å². The van der Waals surface area contributed by atoms with Crippen LogP contribution in [-0.2, 0) is 5.92 Å². The van der Waals surface area contributed by atoms with Crippen LogP contribution in [0.3, 0.4) is 0 Å². The van der Waals surface area contributed by atoms with Crippen molar-refractivity contribution in [2.45, 2.75) is 37.6 Å². The second-order valence-corrected chi connectivity index (χ2v) is 7.79. The van der Waals surface area contributed by atoms with Gasteiger partial charge < -0.3 is 10.6 Å². The maximum atomic E-state index is 14.0. The van der Waals surface area contributed by atoms with Crippen molar-refractivity contribution < 1.29 is 13.2 Å². The molecular formula is C20H21F3N6S. The van der Waals surface area contributed by atoms with Crippen LogP contribution in [0.5, 0.6) is 0 Å². The van der Waals surface area contributed by atoms with Gasteiger partial charge >= 0.3 is 0 Å². The largest absolute Gasteiger partial charge is 0.352 e. The molecular weight excluding hydrogens is 413 g/mol. The number of nitrogens with zero attached hydrogens (tertiary/aromatic N) is 4. The Bertz CT molecular complexity index is 1040. The number of alkyl halides is 2. The van der Waals surface area contributed by atoms with Crippen molar-refractivity contribution in [3.63, 3.8) is 0 Å². The third kappa shape index (κ3) is 5.59. The number of benzene rings is 1. The average Bonchev–Trinajstić information content (AvgIpc) is 2.66. The van der Waals surface area contributed by atoms with Gasteiger partial charge in [-0.1, -0.05) is 6.07 Å². The number of halogens is 3. The molecule has 0 aliphatic rings. The summed E-state index contributed by atoms with van der Waals surface area (Å²) in [6, 6.07) is 9.32. The predicted molar refractivity (Wildman–Crippen MR) is 113 cm³/mol. The molecule has 0 radical (unpaired) electrons. The fourth-order valence-corrected chi connectivity index (χ4v) is 3.00. The number of thioether (sulfide) groups is 1. The minimum Gasteiger partial charge on any atom is -0.352 e. The lowest BCUT2D eigenvalue weighted by Gasteiger charge is -2.14. The van der Waals surface area contributed by atoms with Crippen molar-refractivity contribution in [1.82, 2.24) is 19.9 Å². The molecule has 2 aromatic heterocycles. The van der Waals surface area contributed by atoms with Crippen molar-refractivity contribution in [2.24, 2.45) is 0 Å². The number of pyridine rings is 1. The van der Waals surface area contributed by atoms with Crippen LogP contribution < -0.4 is 10.6 Å². The molecule has 0 aliphatic heterocycles. The minimum atomic E-state index is -3.30. The summed E-state index contributed by atoms with van der Waals surface area (Å²) in [5, 5.41) is 6.12. The van der Waals surface area contributed by atoms with E-state index >= 15 is 0 Å². The van der Waals surface area contributed by atoms with Gasteiger partial charge in [0.1, 0.15) is 17.2 Å². The monoisotopic (exact) mass is 434 g/mol. The first-order chi connectivity index (χ1) is 14.1.